The minimum atomic E-state index is -0.744. The lowest BCUT2D eigenvalue weighted by molar-refractivity contribution is -0.163. The Kier molecular flexibility index (Phi) is 4.60. The predicted octanol–water partition coefficient (Wildman–Crippen LogP) is 0.908. The Balaban J connectivity index is 2.54. The van der Waals surface area contributed by atoms with Crippen LogP contribution >= 0.6 is 12.6 Å². The number of nitrogens with one attached hydrogen (secondary N) is 1. The molecule has 1 heterocycles. The van der Waals surface area contributed by atoms with Crippen molar-refractivity contribution in [1.29, 1.82) is 0 Å². The number of esters is 2. The molecule has 86 valence electrons. The average molecular weight is 231 g/mol. The first-order valence-electron chi connectivity index (χ1n) is 5.25. The van der Waals surface area contributed by atoms with Crippen molar-refractivity contribution in [2.75, 3.05) is 12.3 Å². The van der Waals surface area contributed by atoms with E-state index in [0.717, 1.165) is 13.0 Å². The number of rotatable bonds is 4. The van der Waals surface area contributed by atoms with Crippen LogP contribution in [0.1, 0.15) is 32.6 Å². The number of carbonyl (C=O) groups is 2. The van der Waals surface area contributed by atoms with E-state index in [-0.39, 0.29) is 6.42 Å². The van der Waals surface area contributed by atoms with Crippen LogP contribution < -0.4 is 5.32 Å². The molecule has 4 nitrogen and oxygen atoms in total. The van der Waals surface area contributed by atoms with Crippen molar-refractivity contribution in [2.24, 2.45) is 0 Å². The third-order valence-corrected chi connectivity index (χ3v) is 3.10. The molecule has 0 unspecified atom stereocenters. The maximum Gasteiger partial charge on any atom is 0.334 e. The Morgan fingerprint density at radius 1 is 1.53 bits per heavy atom. The highest BCUT2D eigenvalue weighted by Gasteiger charge is 2.42. The number of thiol groups is 1. The minimum Gasteiger partial charge on any atom is -0.392 e. The Morgan fingerprint density at radius 2 is 2.27 bits per heavy atom. The zero-order valence-electron chi connectivity index (χ0n) is 8.91. The van der Waals surface area contributed by atoms with Crippen LogP contribution in [0.2, 0.25) is 0 Å². The van der Waals surface area contributed by atoms with E-state index < -0.39 is 17.5 Å². The highest BCUT2D eigenvalue weighted by Crippen LogP contribution is 2.22. The van der Waals surface area contributed by atoms with Gasteiger partial charge in [0, 0.05) is 12.2 Å². The predicted molar refractivity (Wildman–Crippen MR) is 59.8 cm³/mol. The summed E-state index contributed by atoms with van der Waals surface area (Å²) in [5.74, 6) is -0.559. The normalized spacial score (nSPS) is 25.2. The molecule has 5 heteroatoms. The summed E-state index contributed by atoms with van der Waals surface area (Å²) in [6, 6.07) is 0. The molecule has 1 saturated heterocycles. The van der Waals surface area contributed by atoms with E-state index in [1.54, 1.807) is 0 Å². The van der Waals surface area contributed by atoms with Crippen molar-refractivity contribution in [3.8, 4) is 0 Å². The van der Waals surface area contributed by atoms with Gasteiger partial charge in [-0.05, 0) is 25.8 Å². The molecule has 1 fully saturated rings. The first-order valence-corrected chi connectivity index (χ1v) is 5.89. The van der Waals surface area contributed by atoms with Crippen LogP contribution in [0.15, 0.2) is 0 Å². The standard InChI is InChI=1S/C10H17NO3S/c1-2-4-8(12)14-9(13)10(7-15)5-3-6-11-10/h11,15H,2-7H2,1H3/t10-/m1/s1. The van der Waals surface area contributed by atoms with Crippen LogP contribution in [0.25, 0.3) is 0 Å². The Bertz CT molecular complexity index is 249. The van der Waals surface area contributed by atoms with Crippen LogP contribution in [0.5, 0.6) is 0 Å². The van der Waals surface area contributed by atoms with Gasteiger partial charge in [0.15, 0.2) is 0 Å². The van der Waals surface area contributed by atoms with Crippen molar-refractivity contribution in [3.63, 3.8) is 0 Å². The third-order valence-electron chi connectivity index (χ3n) is 2.57. The largest absolute Gasteiger partial charge is 0.392 e. The van der Waals surface area contributed by atoms with Gasteiger partial charge in [-0.25, -0.2) is 4.79 Å². The van der Waals surface area contributed by atoms with Gasteiger partial charge in [-0.2, -0.15) is 12.6 Å². The van der Waals surface area contributed by atoms with Crippen LogP contribution in [0.3, 0.4) is 0 Å². The summed E-state index contributed by atoms with van der Waals surface area (Å²) in [4.78, 5) is 22.9. The van der Waals surface area contributed by atoms with Crippen molar-refractivity contribution in [3.05, 3.63) is 0 Å². The summed E-state index contributed by atoms with van der Waals surface area (Å²) < 4.78 is 4.78. The summed E-state index contributed by atoms with van der Waals surface area (Å²) in [7, 11) is 0. The van der Waals surface area contributed by atoms with Crippen LogP contribution in [-0.4, -0.2) is 29.8 Å². The first-order chi connectivity index (χ1) is 7.14. The van der Waals surface area contributed by atoms with Crippen molar-refractivity contribution >= 4 is 24.6 Å². The summed E-state index contributed by atoms with van der Waals surface area (Å²) in [6.45, 7) is 2.64. The molecule has 0 bridgehead atoms. The number of carbonyl (C=O) groups excluding carboxylic acids is 2. The van der Waals surface area contributed by atoms with Gasteiger partial charge in [0.2, 0.25) is 0 Å². The van der Waals surface area contributed by atoms with E-state index in [0.29, 0.717) is 18.6 Å². The fourth-order valence-electron chi connectivity index (χ4n) is 1.64. The quantitative estimate of drug-likeness (QED) is 0.429. The summed E-state index contributed by atoms with van der Waals surface area (Å²) in [5, 5.41) is 3.06. The Morgan fingerprint density at radius 3 is 2.73 bits per heavy atom. The van der Waals surface area contributed by atoms with Gasteiger partial charge in [-0.3, -0.25) is 4.79 Å². The molecule has 0 aromatic heterocycles. The lowest BCUT2D eigenvalue weighted by Crippen LogP contribution is -2.51. The Hall–Kier alpha value is -0.550. The van der Waals surface area contributed by atoms with Gasteiger partial charge in [0.25, 0.3) is 0 Å². The van der Waals surface area contributed by atoms with E-state index >= 15 is 0 Å². The molecule has 0 amide bonds. The number of ether oxygens (including phenoxy) is 1. The van der Waals surface area contributed by atoms with E-state index in [4.69, 9.17) is 4.74 Å². The highest BCUT2D eigenvalue weighted by atomic mass is 32.1. The molecule has 0 saturated carbocycles. The molecule has 0 aromatic carbocycles. The molecule has 15 heavy (non-hydrogen) atoms. The van der Waals surface area contributed by atoms with Crippen LogP contribution in [0, 0.1) is 0 Å². The lowest BCUT2D eigenvalue weighted by atomic mass is 10.0. The van der Waals surface area contributed by atoms with Gasteiger partial charge in [0.05, 0.1) is 0 Å². The third kappa shape index (κ3) is 2.95. The van der Waals surface area contributed by atoms with Crippen molar-refractivity contribution in [1.82, 2.24) is 5.32 Å². The van der Waals surface area contributed by atoms with E-state index in [9.17, 15) is 9.59 Å². The number of hydrogen-bond acceptors (Lipinski definition) is 5. The topological polar surface area (TPSA) is 55.4 Å². The fourth-order valence-corrected chi connectivity index (χ4v) is 2.04. The average Bonchev–Trinajstić information content (AvgIpc) is 2.67. The molecule has 1 N–H and O–H groups in total. The Labute approximate surface area is 95.2 Å². The smallest absolute Gasteiger partial charge is 0.334 e. The van der Waals surface area contributed by atoms with Crippen molar-refractivity contribution < 1.29 is 14.3 Å². The van der Waals surface area contributed by atoms with Crippen molar-refractivity contribution in [2.45, 2.75) is 38.1 Å². The molecule has 0 aliphatic carbocycles. The fraction of sp³-hybridized carbons (Fsp3) is 0.800. The molecule has 1 rings (SSSR count). The van der Waals surface area contributed by atoms with E-state index in [2.05, 4.69) is 17.9 Å². The molecular formula is C10H17NO3S. The maximum absolute atomic E-state index is 11.7. The molecule has 1 aliphatic rings. The minimum absolute atomic E-state index is 0.286. The molecule has 0 spiro atoms. The van der Waals surface area contributed by atoms with Crippen LogP contribution in [-0.2, 0) is 14.3 Å². The summed E-state index contributed by atoms with van der Waals surface area (Å²) in [6.07, 6.45) is 2.58. The molecule has 1 aliphatic heterocycles. The summed E-state index contributed by atoms with van der Waals surface area (Å²) in [5.41, 5.74) is -0.744. The van der Waals surface area contributed by atoms with Crippen LogP contribution in [0.4, 0.5) is 0 Å². The van der Waals surface area contributed by atoms with E-state index in [1.807, 2.05) is 6.92 Å². The second kappa shape index (κ2) is 5.51. The van der Waals surface area contributed by atoms with Gasteiger partial charge in [0.1, 0.15) is 5.54 Å². The monoisotopic (exact) mass is 231 g/mol. The van der Waals surface area contributed by atoms with Gasteiger partial charge < -0.3 is 10.1 Å². The summed E-state index contributed by atoms with van der Waals surface area (Å²) >= 11 is 4.14. The second-order valence-electron chi connectivity index (χ2n) is 3.78. The lowest BCUT2D eigenvalue weighted by Gasteiger charge is -2.24. The van der Waals surface area contributed by atoms with Gasteiger partial charge >= 0.3 is 11.9 Å². The first kappa shape index (κ1) is 12.5. The molecule has 0 aromatic rings. The number of hydrogen-bond donors (Lipinski definition) is 2. The second-order valence-corrected chi connectivity index (χ2v) is 4.10. The SMILES string of the molecule is CCCC(=O)OC(=O)[C@]1(CS)CCCN1. The zero-order valence-corrected chi connectivity index (χ0v) is 9.81. The molecular weight excluding hydrogens is 214 g/mol. The highest BCUT2D eigenvalue weighted by molar-refractivity contribution is 7.80. The molecule has 1 atom stereocenters. The van der Waals surface area contributed by atoms with E-state index in [1.165, 1.54) is 0 Å². The zero-order chi connectivity index (χ0) is 11.3. The molecule has 0 radical (unpaired) electrons. The van der Waals surface area contributed by atoms with Gasteiger partial charge in [-0.1, -0.05) is 6.92 Å². The van der Waals surface area contributed by atoms with Gasteiger partial charge in [-0.15, -0.1) is 0 Å². The maximum atomic E-state index is 11.7.